The van der Waals surface area contributed by atoms with Crippen LogP contribution in [0.2, 0.25) is 0 Å². The molecule has 0 aliphatic heterocycles. The van der Waals surface area contributed by atoms with Crippen LogP contribution in [0.5, 0.6) is 11.5 Å². The van der Waals surface area contributed by atoms with Crippen LogP contribution >= 0.6 is 0 Å². The lowest BCUT2D eigenvalue weighted by Crippen LogP contribution is -3.08. The highest BCUT2D eigenvalue weighted by molar-refractivity contribution is 5.76. The number of rotatable bonds is 8. The Morgan fingerprint density at radius 3 is 2.30 bits per heavy atom. The van der Waals surface area contributed by atoms with E-state index in [1.807, 2.05) is 26.1 Å². The molecule has 1 atom stereocenters. The van der Waals surface area contributed by atoms with Crippen molar-refractivity contribution in [2.45, 2.75) is 20.0 Å². The van der Waals surface area contributed by atoms with Gasteiger partial charge >= 0.3 is 0 Å². The van der Waals surface area contributed by atoms with Crippen molar-refractivity contribution in [3.05, 3.63) is 58.9 Å². The first-order chi connectivity index (χ1) is 12.8. The van der Waals surface area contributed by atoms with E-state index in [1.165, 1.54) is 12.1 Å². The average molecular weight is 375 g/mol. The van der Waals surface area contributed by atoms with Crippen molar-refractivity contribution in [2.75, 3.05) is 34.9 Å². The van der Waals surface area contributed by atoms with Gasteiger partial charge in [-0.3, -0.25) is 4.79 Å². The van der Waals surface area contributed by atoms with Crippen LogP contribution < -0.4 is 14.4 Å². The van der Waals surface area contributed by atoms with Crippen LogP contribution in [0.4, 0.5) is 4.39 Å². The van der Waals surface area contributed by atoms with Crippen LogP contribution in [-0.4, -0.2) is 45.7 Å². The molecule has 2 aromatic carbocycles. The zero-order valence-electron chi connectivity index (χ0n) is 16.6. The summed E-state index contributed by atoms with van der Waals surface area (Å²) in [5, 5.41) is 0. The maximum Gasteiger partial charge on any atom is 0.277 e. The third-order valence-electron chi connectivity index (χ3n) is 4.55. The number of ether oxygens (including phenoxy) is 2. The van der Waals surface area contributed by atoms with Crippen molar-refractivity contribution in [3.63, 3.8) is 0 Å². The molecule has 2 aromatic rings. The molecule has 0 heterocycles. The topological polar surface area (TPSA) is 43.2 Å². The van der Waals surface area contributed by atoms with E-state index in [2.05, 4.69) is 0 Å². The Morgan fingerprint density at radius 1 is 1.11 bits per heavy atom. The molecule has 2 rings (SSSR count). The van der Waals surface area contributed by atoms with Crippen LogP contribution in [0.1, 0.15) is 16.7 Å². The smallest absolute Gasteiger partial charge is 0.277 e. The number of carbonyl (C=O) groups is 1. The third kappa shape index (κ3) is 5.69. The lowest BCUT2D eigenvalue weighted by Gasteiger charge is -2.22. The Hall–Kier alpha value is -2.60. The number of quaternary nitrogens is 1. The number of benzene rings is 2. The number of nitrogens with one attached hydrogen (secondary N) is 1. The van der Waals surface area contributed by atoms with Gasteiger partial charge in [0, 0.05) is 19.2 Å². The number of carbonyl (C=O) groups excluding carboxylic acids is 1. The van der Waals surface area contributed by atoms with E-state index in [9.17, 15) is 9.18 Å². The largest absolute Gasteiger partial charge is 0.493 e. The molecule has 146 valence electrons. The van der Waals surface area contributed by atoms with Gasteiger partial charge in [0.05, 0.1) is 21.3 Å². The summed E-state index contributed by atoms with van der Waals surface area (Å²) in [6.07, 6.45) is 0. The molecule has 0 aliphatic carbocycles. The first kappa shape index (κ1) is 20.7. The van der Waals surface area contributed by atoms with Gasteiger partial charge in [-0.25, -0.2) is 4.39 Å². The van der Waals surface area contributed by atoms with Crippen LogP contribution in [0, 0.1) is 12.7 Å². The van der Waals surface area contributed by atoms with E-state index in [1.54, 1.807) is 38.3 Å². The minimum Gasteiger partial charge on any atom is -0.493 e. The SMILES string of the molecule is COc1cc(C)c(CN(C)C(=O)C[NH+](C)Cc2ccc(F)cc2)cc1OC. The molecule has 0 aliphatic rings. The molecular weight excluding hydrogens is 347 g/mol. The Balaban J connectivity index is 1.97. The van der Waals surface area contributed by atoms with Crippen molar-refractivity contribution in [1.29, 1.82) is 0 Å². The molecule has 1 amide bonds. The van der Waals surface area contributed by atoms with Crippen molar-refractivity contribution >= 4 is 5.91 Å². The first-order valence-electron chi connectivity index (χ1n) is 8.85. The zero-order valence-corrected chi connectivity index (χ0v) is 16.6. The molecule has 6 heteroatoms. The highest BCUT2D eigenvalue weighted by atomic mass is 19.1. The Labute approximate surface area is 160 Å². The normalized spacial score (nSPS) is 11.8. The molecule has 0 fully saturated rings. The molecule has 0 aromatic heterocycles. The van der Waals surface area contributed by atoms with Gasteiger partial charge in [0.1, 0.15) is 12.4 Å². The second kappa shape index (κ2) is 9.37. The van der Waals surface area contributed by atoms with Crippen molar-refractivity contribution in [3.8, 4) is 11.5 Å². The summed E-state index contributed by atoms with van der Waals surface area (Å²) in [6.45, 7) is 3.51. The molecule has 5 nitrogen and oxygen atoms in total. The van der Waals surface area contributed by atoms with Crippen LogP contribution in [-0.2, 0) is 17.9 Å². The molecule has 0 saturated carbocycles. The fourth-order valence-electron chi connectivity index (χ4n) is 2.94. The van der Waals surface area contributed by atoms with Crippen molar-refractivity contribution in [2.24, 2.45) is 0 Å². The summed E-state index contributed by atoms with van der Waals surface area (Å²) in [6, 6.07) is 10.2. The number of hydrogen-bond acceptors (Lipinski definition) is 3. The minimum absolute atomic E-state index is 0.0452. The summed E-state index contributed by atoms with van der Waals surface area (Å²) in [5.74, 6) is 1.12. The number of methoxy groups -OCH3 is 2. The van der Waals surface area contributed by atoms with Gasteiger partial charge in [0.15, 0.2) is 18.0 Å². The van der Waals surface area contributed by atoms with Crippen molar-refractivity contribution in [1.82, 2.24) is 4.90 Å². The van der Waals surface area contributed by atoms with E-state index in [0.29, 0.717) is 31.1 Å². The Kier molecular flexibility index (Phi) is 7.19. The van der Waals surface area contributed by atoms with Gasteiger partial charge in [-0.1, -0.05) is 12.1 Å². The third-order valence-corrected chi connectivity index (χ3v) is 4.55. The fraction of sp³-hybridized carbons (Fsp3) is 0.381. The average Bonchev–Trinajstić information content (AvgIpc) is 2.64. The van der Waals surface area contributed by atoms with E-state index in [-0.39, 0.29) is 11.7 Å². The molecule has 0 radical (unpaired) electrons. The first-order valence-corrected chi connectivity index (χ1v) is 8.85. The van der Waals surface area contributed by atoms with E-state index in [4.69, 9.17) is 9.47 Å². The number of likely N-dealkylation sites (N-methyl/N-ethyl adjacent to an activating group) is 2. The Bertz CT molecular complexity index is 778. The summed E-state index contributed by atoms with van der Waals surface area (Å²) >= 11 is 0. The van der Waals surface area contributed by atoms with Crippen molar-refractivity contribution < 1.29 is 23.6 Å². The number of aryl methyl sites for hydroxylation is 1. The van der Waals surface area contributed by atoms with Gasteiger partial charge in [-0.05, 0) is 42.3 Å². The quantitative estimate of drug-likeness (QED) is 0.766. The number of halogens is 1. The van der Waals surface area contributed by atoms with E-state index >= 15 is 0 Å². The van der Waals surface area contributed by atoms with E-state index in [0.717, 1.165) is 21.6 Å². The number of amides is 1. The van der Waals surface area contributed by atoms with Gasteiger partial charge < -0.3 is 19.3 Å². The molecule has 1 N–H and O–H groups in total. The molecule has 0 spiro atoms. The van der Waals surface area contributed by atoms with Gasteiger partial charge in [-0.15, -0.1) is 0 Å². The molecule has 0 bridgehead atoms. The second-order valence-corrected chi connectivity index (χ2v) is 6.82. The van der Waals surface area contributed by atoms with Gasteiger partial charge in [0.2, 0.25) is 0 Å². The predicted molar refractivity (Wildman–Crippen MR) is 103 cm³/mol. The Morgan fingerprint density at radius 2 is 1.70 bits per heavy atom. The second-order valence-electron chi connectivity index (χ2n) is 6.82. The molecule has 1 unspecified atom stereocenters. The molecular formula is C21H28FN2O3+. The highest BCUT2D eigenvalue weighted by Gasteiger charge is 2.17. The standard InChI is InChI=1S/C21H27FN2O3/c1-15-10-19(26-4)20(27-5)11-17(15)13-24(3)21(25)14-23(2)12-16-6-8-18(22)9-7-16/h6-11H,12-14H2,1-5H3/p+1. The lowest BCUT2D eigenvalue weighted by molar-refractivity contribution is -0.885. The molecule has 0 saturated heterocycles. The highest BCUT2D eigenvalue weighted by Crippen LogP contribution is 2.30. The zero-order chi connectivity index (χ0) is 20.0. The summed E-state index contributed by atoms with van der Waals surface area (Å²) in [5.41, 5.74) is 3.05. The molecule has 27 heavy (non-hydrogen) atoms. The van der Waals surface area contributed by atoms with Gasteiger partial charge in [-0.2, -0.15) is 0 Å². The minimum atomic E-state index is -0.252. The maximum atomic E-state index is 13.0. The van der Waals surface area contributed by atoms with E-state index < -0.39 is 0 Å². The maximum absolute atomic E-state index is 13.0. The summed E-state index contributed by atoms with van der Waals surface area (Å²) < 4.78 is 23.7. The van der Waals surface area contributed by atoms with Crippen LogP contribution in [0.3, 0.4) is 0 Å². The number of nitrogens with zero attached hydrogens (tertiary/aromatic N) is 1. The lowest BCUT2D eigenvalue weighted by atomic mass is 10.1. The van der Waals surface area contributed by atoms with Gasteiger partial charge in [0.25, 0.3) is 5.91 Å². The summed E-state index contributed by atoms with van der Waals surface area (Å²) in [7, 11) is 6.95. The fourth-order valence-corrected chi connectivity index (χ4v) is 2.94. The van der Waals surface area contributed by atoms with Crippen LogP contribution in [0.25, 0.3) is 0 Å². The number of hydrogen-bond donors (Lipinski definition) is 1. The monoisotopic (exact) mass is 375 g/mol. The van der Waals surface area contributed by atoms with Crippen LogP contribution in [0.15, 0.2) is 36.4 Å². The summed E-state index contributed by atoms with van der Waals surface area (Å²) in [4.78, 5) is 15.3. The predicted octanol–water partition coefficient (Wildman–Crippen LogP) is 1.82.